The molecule has 29 heavy (non-hydrogen) atoms. The molecule has 0 aliphatic rings. The van der Waals surface area contributed by atoms with Crippen molar-refractivity contribution in [3.8, 4) is 16.9 Å². The van der Waals surface area contributed by atoms with E-state index < -0.39 is 0 Å². The Morgan fingerprint density at radius 1 is 1.07 bits per heavy atom. The van der Waals surface area contributed by atoms with Crippen LogP contribution in [0.2, 0.25) is 10.0 Å². The summed E-state index contributed by atoms with van der Waals surface area (Å²) >= 11 is 12.0. The van der Waals surface area contributed by atoms with Gasteiger partial charge in [0, 0.05) is 10.4 Å². The summed E-state index contributed by atoms with van der Waals surface area (Å²) in [6, 6.07) is 18.5. The van der Waals surface area contributed by atoms with Crippen molar-refractivity contribution in [1.82, 2.24) is 10.2 Å². The van der Waals surface area contributed by atoms with E-state index in [1.165, 1.54) is 6.07 Å². The Kier molecular flexibility index (Phi) is 5.43. The minimum atomic E-state index is -0.353. The van der Waals surface area contributed by atoms with E-state index in [9.17, 15) is 4.79 Å². The maximum Gasteiger partial charge on any atom is 0.258 e. The molecule has 5 nitrogen and oxygen atoms in total. The molecule has 146 valence electrons. The number of fused-ring (bicyclic) bond motifs is 1. The average Bonchev–Trinajstić information content (AvgIpc) is 3.10. The maximum atomic E-state index is 12.6. The first-order chi connectivity index (χ1) is 14.0. The Morgan fingerprint density at radius 2 is 1.90 bits per heavy atom. The molecular weight excluding hydrogens is 409 g/mol. The van der Waals surface area contributed by atoms with Crippen molar-refractivity contribution in [1.29, 1.82) is 0 Å². The lowest BCUT2D eigenvalue weighted by Gasteiger charge is -2.07. The first kappa shape index (κ1) is 19.3. The van der Waals surface area contributed by atoms with Gasteiger partial charge in [0.25, 0.3) is 5.91 Å². The summed E-state index contributed by atoms with van der Waals surface area (Å²) in [5.41, 5.74) is 3.19. The van der Waals surface area contributed by atoms with Gasteiger partial charge in [-0.1, -0.05) is 41.4 Å². The van der Waals surface area contributed by atoms with Crippen LogP contribution in [-0.4, -0.2) is 22.7 Å². The van der Waals surface area contributed by atoms with E-state index in [1.807, 2.05) is 49.4 Å². The molecule has 0 fully saturated rings. The zero-order valence-electron chi connectivity index (χ0n) is 15.5. The first-order valence-electron chi connectivity index (χ1n) is 9.03. The third-order valence-corrected chi connectivity index (χ3v) is 5.00. The molecule has 3 aromatic carbocycles. The summed E-state index contributed by atoms with van der Waals surface area (Å²) in [5.74, 6) is 0.904. The number of H-pyrrole nitrogens is 1. The number of hydrogen-bond acceptors (Lipinski definition) is 3. The number of nitrogens with zero attached hydrogens (tertiary/aromatic N) is 1. The normalized spacial score (nSPS) is 10.9. The SMILES string of the molecule is CCOc1cccc(-c2ccc3c(NC(=O)c4ccc(Cl)cc4Cl)n[nH]c3c2)c1. The molecule has 1 aromatic heterocycles. The molecule has 0 aliphatic carbocycles. The van der Waals surface area contributed by atoms with Crippen LogP contribution in [0.4, 0.5) is 5.82 Å². The topological polar surface area (TPSA) is 67.0 Å². The van der Waals surface area contributed by atoms with Crippen LogP contribution in [0, 0.1) is 0 Å². The van der Waals surface area contributed by atoms with Gasteiger partial charge in [0.2, 0.25) is 0 Å². The molecule has 4 rings (SSSR count). The molecular formula is C22H17Cl2N3O2. The van der Waals surface area contributed by atoms with Crippen LogP contribution < -0.4 is 10.1 Å². The second kappa shape index (κ2) is 8.15. The number of aromatic nitrogens is 2. The van der Waals surface area contributed by atoms with Gasteiger partial charge in [0.05, 0.1) is 22.7 Å². The van der Waals surface area contributed by atoms with E-state index in [1.54, 1.807) is 12.1 Å². The van der Waals surface area contributed by atoms with Crippen LogP contribution in [0.3, 0.4) is 0 Å². The summed E-state index contributed by atoms with van der Waals surface area (Å²) in [5, 5.41) is 11.6. The van der Waals surface area contributed by atoms with Crippen molar-refractivity contribution < 1.29 is 9.53 Å². The Labute approximate surface area is 177 Å². The zero-order chi connectivity index (χ0) is 20.4. The second-order valence-electron chi connectivity index (χ2n) is 6.37. The summed E-state index contributed by atoms with van der Waals surface area (Å²) < 4.78 is 5.58. The monoisotopic (exact) mass is 425 g/mol. The van der Waals surface area contributed by atoms with E-state index >= 15 is 0 Å². The fourth-order valence-corrected chi connectivity index (χ4v) is 3.57. The molecule has 0 aliphatic heterocycles. The number of hydrogen-bond donors (Lipinski definition) is 2. The minimum absolute atomic E-state index is 0.284. The number of rotatable bonds is 5. The lowest BCUT2D eigenvalue weighted by Crippen LogP contribution is -2.12. The number of ether oxygens (including phenoxy) is 1. The zero-order valence-corrected chi connectivity index (χ0v) is 17.0. The standard InChI is InChI=1S/C22H17Cl2N3O2/c1-2-29-16-5-3-4-13(10-16)14-6-8-18-20(11-14)26-27-21(18)25-22(28)17-9-7-15(23)12-19(17)24/h3-12H,2H2,1H3,(H2,25,26,27,28). The third-order valence-electron chi connectivity index (χ3n) is 4.45. The van der Waals surface area contributed by atoms with Crippen molar-refractivity contribution in [3.63, 3.8) is 0 Å². The van der Waals surface area contributed by atoms with Gasteiger partial charge < -0.3 is 10.1 Å². The van der Waals surface area contributed by atoms with Gasteiger partial charge in [0.1, 0.15) is 5.75 Å². The fraction of sp³-hybridized carbons (Fsp3) is 0.0909. The Balaban J connectivity index is 1.61. The average molecular weight is 426 g/mol. The van der Waals surface area contributed by atoms with E-state index in [4.69, 9.17) is 27.9 Å². The summed E-state index contributed by atoms with van der Waals surface area (Å²) in [6.45, 7) is 2.57. The van der Waals surface area contributed by atoms with Crippen molar-refractivity contribution in [2.75, 3.05) is 11.9 Å². The molecule has 0 saturated heterocycles. The predicted molar refractivity (Wildman–Crippen MR) is 117 cm³/mol. The maximum absolute atomic E-state index is 12.6. The highest BCUT2D eigenvalue weighted by Gasteiger charge is 2.15. The summed E-state index contributed by atoms with van der Waals surface area (Å²) in [4.78, 5) is 12.6. The molecule has 2 N–H and O–H groups in total. The smallest absolute Gasteiger partial charge is 0.258 e. The van der Waals surface area contributed by atoms with Crippen LogP contribution in [0.25, 0.3) is 22.0 Å². The summed E-state index contributed by atoms with van der Waals surface area (Å²) in [7, 11) is 0. The highest BCUT2D eigenvalue weighted by Crippen LogP contribution is 2.30. The van der Waals surface area contributed by atoms with Crippen LogP contribution in [-0.2, 0) is 0 Å². The van der Waals surface area contributed by atoms with Gasteiger partial charge in [-0.25, -0.2) is 0 Å². The van der Waals surface area contributed by atoms with Crippen molar-refractivity contribution in [3.05, 3.63) is 76.3 Å². The number of carbonyl (C=O) groups is 1. The van der Waals surface area contributed by atoms with Crippen molar-refractivity contribution >= 4 is 45.8 Å². The van der Waals surface area contributed by atoms with Crippen LogP contribution >= 0.6 is 23.2 Å². The van der Waals surface area contributed by atoms with Crippen molar-refractivity contribution in [2.45, 2.75) is 6.92 Å². The van der Waals surface area contributed by atoms with E-state index in [-0.39, 0.29) is 10.9 Å². The highest BCUT2D eigenvalue weighted by atomic mass is 35.5. The number of aromatic amines is 1. The Bertz CT molecular complexity index is 1200. The number of nitrogens with one attached hydrogen (secondary N) is 2. The molecule has 0 unspecified atom stereocenters. The molecule has 4 aromatic rings. The molecule has 0 spiro atoms. The molecule has 0 saturated carbocycles. The molecule has 1 heterocycles. The molecule has 7 heteroatoms. The van der Waals surface area contributed by atoms with Crippen LogP contribution in [0.15, 0.2) is 60.7 Å². The second-order valence-corrected chi connectivity index (χ2v) is 7.22. The van der Waals surface area contributed by atoms with E-state index in [0.29, 0.717) is 23.0 Å². The Morgan fingerprint density at radius 3 is 2.69 bits per heavy atom. The Hall–Kier alpha value is -3.02. The lowest BCUT2D eigenvalue weighted by molar-refractivity contribution is 0.102. The highest BCUT2D eigenvalue weighted by molar-refractivity contribution is 6.37. The number of amides is 1. The third kappa shape index (κ3) is 4.06. The summed E-state index contributed by atoms with van der Waals surface area (Å²) in [6.07, 6.45) is 0. The fourth-order valence-electron chi connectivity index (χ4n) is 3.08. The van der Waals surface area contributed by atoms with Gasteiger partial charge in [-0.2, -0.15) is 5.10 Å². The predicted octanol–water partition coefficient (Wildman–Crippen LogP) is 6.19. The van der Waals surface area contributed by atoms with Crippen molar-refractivity contribution in [2.24, 2.45) is 0 Å². The van der Waals surface area contributed by atoms with Crippen LogP contribution in [0.1, 0.15) is 17.3 Å². The van der Waals surface area contributed by atoms with Crippen LogP contribution in [0.5, 0.6) is 5.75 Å². The lowest BCUT2D eigenvalue weighted by atomic mass is 10.0. The number of benzene rings is 3. The quantitative estimate of drug-likeness (QED) is 0.400. The molecule has 0 bridgehead atoms. The number of halogens is 2. The van der Waals surface area contributed by atoms with Gasteiger partial charge in [-0.05, 0) is 60.5 Å². The first-order valence-corrected chi connectivity index (χ1v) is 9.78. The minimum Gasteiger partial charge on any atom is -0.494 e. The van der Waals surface area contributed by atoms with Gasteiger partial charge in [-0.3, -0.25) is 9.89 Å². The van der Waals surface area contributed by atoms with E-state index in [0.717, 1.165) is 27.8 Å². The molecule has 0 atom stereocenters. The number of carbonyl (C=O) groups excluding carboxylic acids is 1. The largest absolute Gasteiger partial charge is 0.494 e. The molecule has 1 amide bonds. The van der Waals surface area contributed by atoms with Gasteiger partial charge in [-0.15, -0.1) is 0 Å². The van der Waals surface area contributed by atoms with Gasteiger partial charge >= 0.3 is 0 Å². The van der Waals surface area contributed by atoms with Gasteiger partial charge in [0.15, 0.2) is 5.82 Å². The van der Waals surface area contributed by atoms with E-state index in [2.05, 4.69) is 15.5 Å². The molecule has 0 radical (unpaired) electrons. The number of anilines is 1.